The highest BCUT2D eigenvalue weighted by atomic mass is 16.5. The highest BCUT2D eigenvalue weighted by Gasteiger charge is 2.34. The van der Waals surface area contributed by atoms with Gasteiger partial charge >= 0.3 is 5.97 Å². The number of hydrogen-bond acceptors (Lipinski definition) is 7. The van der Waals surface area contributed by atoms with Crippen molar-refractivity contribution in [2.45, 2.75) is 97.5 Å². The molecule has 3 rings (SSSR count). The third-order valence-corrected chi connectivity index (χ3v) is 9.04. The lowest BCUT2D eigenvalue weighted by Crippen LogP contribution is -2.57. The molecule has 286 valence electrons. The minimum absolute atomic E-state index is 0.00592. The first-order valence-electron chi connectivity index (χ1n) is 18.1. The lowest BCUT2D eigenvalue weighted by atomic mass is 9.95. The number of carbonyl (C=O) groups excluding carboxylic acids is 4. The van der Waals surface area contributed by atoms with Gasteiger partial charge in [0.05, 0.1) is 25.0 Å². The van der Waals surface area contributed by atoms with E-state index in [1.165, 1.54) is 0 Å². The van der Waals surface area contributed by atoms with Crippen molar-refractivity contribution in [1.29, 1.82) is 0 Å². The molecule has 12 nitrogen and oxygen atoms in total. The summed E-state index contributed by atoms with van der Waals surface area (Å²) in [6.45, 7) is 10.5. The second-order valence-electron chi connectivity index (χ2n) is 14.1. The first-order chi connectivity index (χ1) is 25.2. The first-order valence-corrected chi connectivity index (χ1v) is 18.1. The van der Waals surface area contributed by atoms with Crippen LogP contribution in [0.5, 0.6) is 11.5 Å². The van der Waals surface area contributed by atoms with Crippen molar-refractivity contribution >= 4 is 29.6 Å². The maximum Gasteiger partial charge on any atom is 0.326 e. The second-order valence-corrected chi connectivity index (χ2v) is 14.1. The van der Waals surface area contributed by atoms with Crippen LogP contribution in [0.25, 0.3) is 0 Å². The molecule has 0 saturated carbocycles. The van der Waals surface area contributed by atoms with E-state index < -0.39 is 60.4 Å². The fourth-order valence-electron chi connectivity index (χ4n) is 5.74. The summed E-state index contributed by atoms with van der Waals surface area (Å²) < 4.78 is 5.89. The summed E-state index contributed by atoms with van der Waals surface area (Å²) in [5.41, 5.74) is 1.49. The average Bonchev–Trinajstić information content (AvgIpc) is 3.11. The number of nitrogens with one attached hydrogen (secondary N) is 4. The zero-order valence-corrected chi connectivity index (χ0v) is 31.4. The van der Waals surface area contributed by atoms with Crippen molar-refractivity contribution in [3.8, 4) is 11.5 Å². The maximum absolute atomic E-state index is 13.8. The summed E-state index contributed by atoms with van der Waals surface area (Å²) in [6.07, 6.45) is -1.14. The van der Waals surface area contributed by atoms with Crippen LogP contribution in [0, 0.1) is 17.8 Å². The van der Waals surface area contributed by atoms with Gasteiger partial charge < -0.3 is 36.2 Å². The van der Waals surface area contributed by atoms with Gasteiger partial charge in [0.25, 0.3) is 0 Å². The predicted octanol–water partition coefficient (Wildman–Crippen LogP) is 4.40. The summed E-state index contributed by atoms with van der Waals surface area (Å²) >= 11 is 0. The second kappa shape index (κ2) is 20.7. The minimum atomic E-state index is -1.38. The van der Waals surface area contributed by atoms with Gasteiger partial charge in [0.15, 0.2) is 0 Å². The van der Waals surface area contributed by atoms with E-state index >= 15 is 0 Å². The van der Waals surface area contributed by atoms with Crippen LogP contribution in [0.1, 0.15) is 65.5 Å². The number of hydrogen-bond donors (Lipinski definition) is 6. The molecular formula is C41H54N4O8. The number of carboxylic acid groups (broad SMARTS) is 1. The van der Waals surface area contributed by atoms with Gasteiger partial charge in [-0.05, 0) is 59.6 Å². The van der Waals surface area contributed by atoms with Gasteiger partial charge in [-0.25, -0.2) is 4.79 Å². The van der Waals surface area contributed by atoms with Gasteiger partial charge in [0.1, 0.15) is 29.6 Å². The molecule has 0 aliphatic carbocycles. The van der Waals surface area contributed by atoms with Gasteiger partial charge in [-0.1, -0.05) is 109 Å². The molecule has 3 aromatic rings. The Morgan fingerprint density at radius 3 is 1.77 bits per heavy atom. The van der Waals surface area contributed by atoms with E-state index in [4.69, 9.17) is 4.74 Å². The van der Waals surface area contributed by atoms with Crippen molar-refractivity contribution in [3.63, 3.8) is 0 Å². The third-order valence-electron chi connectivity index (χ3n) is 9.04. The van der Waals surface area contributed by atoms with Crippen molar-refractivity contribution in [2.24, 2.45) is 17.8 Å². The SMILES string of the molecule is CC[C@H](C)[C@H](NC(=O)C[C@H](O)[C@H](Cc1ccccc1)NC(=O)[C@@H](NC(=O)Cc1cccc(Oc2ccccc2)c1)C(C)C)C(=O)N[C@H](C(=O)O)C(C)C. The lowest BCUT2D eigenvalue weighted by molar-refractivity contribution is -0.143. The van der Waals surface area contributed by atoms with E-state index in [1.807, 2.05) is 67.6 Å². The van der Waals surface area contributed by atoms with Crippen LogP contribution in [-0.2, 0) is 36.8 Å². The van der Waals surface area contributed by atoms with E-state index in [0.717, 1.165) is 5.56 Å². The zero-order valence-electron chi connectivity index (χ0n) is 31.4. The van der Waals surface area contributed by atoms with Gasteiger partial charge in [0.2, 0.25) is 23.6 Å². The first kappa shape index (κ1) is 42.2. The molecule has 0 aliphatic rings. The molecule has 6 atom stereocenters. The summed E-state index contributed by atoms with van der Waals surface area (Å²) in [5.74, 6) is -3.20. The van der Waals surface area contributed by atoms with Crippen molar-refractivity contribution in [1.82, 2.24) is 21.3 Å². The Hall–Kier alpha value is -5.23. The number of aliphatic carboxylic acids is 1. The standard InChI is InChI=1S/C41H54N4O8/c1-7-27(6)38(40(50)45-37(26(4)5)41(51)52)44-35(48)24-33(46)32(22-28-15-10-8-11-16-28)42-39(49)36(25(2)3)43-34(47)23-29-17-14-20-31(21-29)53-30-18-12-9-13-19-30/h8-21,25-27,32-33,36-38,46H,7,22-24H2,1-6H3,(H,42,49)(H,43,47)(H,44,48)(H,45,50)(H,51,52)/t27-,32-,33-,36-,37-,38-/m0/s1. The molecule has 0 bridgehead atoms. The molecule has 0 radical (unpaired) electrons. The van der Waals surface area contributed by atoms with Crippen LogP contribution >= 0.6 is 0 Å². The fraction of sp³-hybridized carbons (Fsp3) is 0.439. The molecule has 6 N–H and O–H groups in total. The molecule has 12 heteroatoms. The molecule has 4 amide bonds. The monoisotopic (exact) mass is 730 g/mol. The van der Waals surface area contributed by atoms with E-state index in [2.05, 4.69) is 21.3 Å². The average molecular weight is 731 g/mol. The molecule has 0 saturated heterocycles. The summed E-state index contributed by atoms with van der Waals surface area (Å²) in [5, 5.41) is 31.9. The van der Waals surface area contributed by atoms with Crippen molar-refractivity contribution in [2.75, 3.05) is 0 Å². The molecule has 0 spiro atoms. The molecule has 0 fully saturated rings. The number of aliphatic hydroxyl groups is 1. The van der Waals surface area contributed by atoms with Crippen LogP contribution in [0.2, 0.25) is 0 Å². The van der Waals surface area contributed by atoms with Crippen LogP contribution in [-0.4, -0.2) is 70.1 Å². The molecule has 0 aliphatic heterocycles. The van der Waals surface area contributed by atoms with Gasteiger partial charge in [-0.2, -0.15) is 0 Å². The van der Waals surface area contributed by atoms with Crippen LogP contribution in [0.15, 0.2) is 84.9 Å². The van der Waals surface area contributed by atoms with E-state index in [1.54, 1.807) is 58.9 Å². The summed E-state index contributed by atoms with van der Waals surface area (Å²) in [7, 11) is 0. The Kier molecular flexibility index (Phi) is 16.5. The molecule has 0 aromatic heterocycles. The number of ether oxygens (including phenoxy) is 1. The number of amides is 4. The molecule has 3 aromatic carbocycles. The van der Waals surface area contributed by atoms with Gasteiger partial charge in [-0.15, -0.1) is 0 Å². The number of rotatable bonds is 20. The Morgan fingerprint density at radius 1 is 0.642 bits per heavy atom. The largest absolute Gasteiger partial charge is 0.480 e. The Labute approximate surface area is 312 Å². The van der Waals surface area contributed by atoms with E-state index in [9.17, 15) is 34.2 Å². The lowest BCUT2D eigenvalue weighted by Gasteiger charge is -2.30. The normalized spacial score (nSPS) is 14.6. The summed E-state index contributed by atoms with van der Waals surface area (Å²) in [4.78, 5) is 65.2. The quantitative estimate of drug-likeness (QED) is 0.0989. The number of benzene rings is 3. The Balaban J connectivity index is 1.72. The Bertz CT molecular complexity index is 1650. The molecule has 0 heterocycles. The van der Waals surface area contributed by atoms with Crippen molar-refractivity contribution in [3.05, 3.63) is 96.1 Å². The zero-order chi connectivity index (χ0) is 39.1. The van der Waals surface area contributed by atoms with Gasteiger partial charge in [-0.3, -0.25) is 19.2 Å². The number of aliphatic hydroxyl groups excluding tert-OH is 1. The van der Waals surface area contributed by atoms with Crippen LogP contribution in [0.4, 0.5) is 0 Å². The van der Waals surface area contributed by atoms with Crippen LogP contribution in [0.3, 0.4) is 0 Å². The highest BCUT2D eigenvalue weighted by molar-refractivity contribution is 5.91. The van der Waals surface area contributed by atoms with Gasteiger partial charge in [0, 0.05) is 0 Å². The Morgan fingerprint density at radius 2 is 1.19 bits per heavy atom. The number of carbonyl (C=O) groups is 5. The van der Waals surface area contributed by atoms with Crippen molar-refractivity contribution < 1.29 is 38.9 Å². The highest BCUT2D eigenvalue weighted by Crippen LogP contribution is 2.22. The molecular weight excluding hydrogens is 676 g/mol. The fourth-order valence-corrected chi connectivity index (χ4v) is 5.74. The summed E-state index contributed by atoms with van der Waals surface area (Å²) in [6, 6.07) is 21.5. The smallest absolute Gasteiger partial charge is 0.326 e. The predicted molar refractivity (Wildman–Crippen MR) is 202 cm³/mol. The maximum atomic E-state index is 13.8. The number of carboxylic acids is 1. The van der Waals surface area contributed by atoms with E-state index in [-0.39, 0.29) is 36.5 Å². The molecule has 53 heavy (non-hydrogen) atoms. The topological polar surface area (TPSA) is 183 Å². The molecule has 0 unspecified atom stereocenters. The minimum Gasteiger partial charge on any atom is -0.480 e. The third kappa shape index (κ3) is 13.7. The van der Waals surface area contributed by atoms with E-state index in [0.29, 0.717) is 23.5 Å². The van der Waals surface area contributed by atoms with Crippen LogP contribution < -0.4 is 26.0 Å². The number of para-hydroxylation sites is 1.